The van der Waals surface area contributed by atoms with Gasteiger partial charge in [-0.05, 0) is 76.1 Å². The average Bonchev–Trinajstić information content (AvgIpc) is 2.98. The molecule has 1 aliphatic heterocycles. The Morgan fingerprint density at radius 1 is 1.21 bits per heavy atom. The summed E-state index contributed by atoms with van der Waals surface area (Å²) in [7, 11) is 0. The van der Waals surface area contributed by atoms with Gasteiger partial charge in [0.05, 0.1) is 20.9 Å². The summed E-state index contributed by atoms with van der Waals surface area (Å²) >= 11 is 4.29. The standard InChI is InChI=1S/C19H15BrN2O6S/c1-2-27-15-8-12(9-16-18(23)21-19(24)29-16)7-14(20)17(15)28-10-11-3-5-13(6-4-11)22(25)26/h3-9H,2,10H2,1H3,(H,21,23,24)/b16-9-. The van der Waals surface area contributed by atoms with Crippen molar-refractivity contribution in [3.63, 3.8) is 0 Å². The highest BCUT2D eigenvalue weighted by molar-refractivity contribution is 9.10. The van der Waals surface area contributed by atoms with Gasteiger partial charge in [-0.15, -0.1) is 0 Å². The van der Waals surface area contributed by atoms with E-state index in [9.17, 15) is 19.7 Å². The van der Waals surface area contributed by atoms with Crippen LogP contribution >= 0.6 is 27.7 Å². The molecule has 0 aromatic heterocycles. The van der Waals surface area contributed by atoms with Gasteiger partial charge in [0, 0.05) is 12.1 Å². The van der Waals surface area contributed by atoms with Crippen LogP contribution in [-0.2, 0) is 11.4 Å². The van der Waals surface area contributed by atoms with Gasteiger partial charge in [0.1, 0.15) is 6.61 Å². The Labute approximate surface area is 178 Å². The van der Waals surface area contributed by atoms with Crippen LogP contribution in [0.2, 0.25) is 0 Å². The Bertz CT molecular complexity index is 1010. The number of hydrogen-bond acceptors (Lipinski definition) is 7. The van der Waals surface area contributed by atoms with Crippen molar-refractivity contribution in [1.29, 1.82) is 0 Å². The van der Waals surface area contributed by atoms with Gasteiger partial charge in [-0.25, -0.2) is 0 Å². The fourth-order valence-corrected chi connectivity index (χ4v) is 3.77. The van der Waals surface area contributed by atoms with Gasteiger partial charge in [0.25, 0.3) is 16.8 Å². The monoisotopic (exact) mass is 478 g/mol. The molecule has 29 heavy (non-hydrogen) atoms. The van der Waals surface area contributed by atoms with Gasteiger partial charge in [-0.1, -0.05) is 0 Å². The van der Waals surface area contributed by atoms with Gasteiger partial charge in [-0.2, -0.15) is 0 Å². The fraction of sp³-hybridized carbons (Fsp3) is 0.158. The Hall–Kier alpha value is -2.85. The van der Waals surface area contributed by atoms with E-state index in [1.807, 2.05) is 6.92 Å². The molecule has 150 valence electrons. The van der Waals surface area contributed by atoms with Crippen LogP contribution in [0.4, 0.5) is 10.5 Å². The molecule has 1 heterocycles. The first kappa shape index (κ1) is 20.9. The average molecular weight is 479 g/mol. The van der Waals surface area contributed by atoms with Crippen molar-refractivity contribution in [2.24, 2.45) is 0 Å². The zero-order valence-corrected chi connectivity index (χ0v) is 17.5. The number of thioether (sulfide) groups is 1. The van der Waals surface area contributed by atoms with Crippen LogP contribution in [-0.4, -0.2) is 22.7 Å². The smallest absolute Gasteiger partial charge is 0.290 e. The molecule has 10 heteroatoms. The molecule has 0 aliphatic carbocycles. The van der Waals surface area contributed by atoms with Gasteiger partial charge in [0.2, 0.25) is 0 Å². The molecule has 8 nitrogen and oxygen atoms in total. The lowest BCUT2D eigenvalue weighted by Crippen LogP contribution is -2.17. The van der Waals surface area contributed by atoms with Gasteiger partial charge < -0.3 is 9.47 Å². The van der Waals surface area contributed by atoms with E-state index >= 15 is 0 Å². The summed E-state index contributed by atoms with van der Waals surface area (Å²) in [4.78, 5) is 33.7. The van der Waals surface area contributed by atoms with E-state index in [1.54, 1.807) is 30.3 Å². The lowest BCUT2D eigenvalue weighted by molar-refractivity contribution is -0.384. The van der Waals surface area contributed by atoms with Crippen LogP contribution in [0.5, 0.6) is 11.5 Å². The Kier molecular flexibility index (Phi) is 6.55. The minimum Gasteiger partial charge on any atom is -0.490 e. The van der Waals surface area contributed by atoms with E-state index in [4.69, 9.17) is 9.47 Å². The van der Waals surface area contributed by atoms with E-state index < -0.39 is 16.1 Å². The molecule has 1 aliphatic rings. The molecule has 0 bridgehead atoms. The SMILES string of the molecule is CCOc1cc(/C=C2\SC(=O)NC2=O)cc(Br)c1OCc1ccc([N+](=O)[O-])cc1. The van der Waals surface area contributed by atoms with Crippen molar-refractivity contribution in [2.45, 2.75) is 13.5 Å². The largest absolute Gasteiger partial charge is 0.490 e. The van der Waals surface area contributed by atoms with Crippen LogP contribution in [0.1, 0.15) is 18.1 Å². The molecular weight excluding hydrogens is 464 g/mol. The third-order valence-corrected chi connectivity index (χ3v) is 5.20. The highest BCUT2D eigenvalue weighted by atomic mass is 79.9. The van der Waals surface area contributed by atoms with Gasteiger partial charge in [0.15, 0.2) is 11.5 Å². The van der Waals surface area contributed by atoms with Crippen molar-refractivity contribution in [3.05, 3.63) is 67.0 Å². The minimum absolute atomic E-state index is 0.00891. The number of ether oxygens (including phenoxy) is 2. The molecule has 0 saturated carbocycles. The molecule has 2 amide bonds. The number of non-ortho nitro benzene ring substituents is 1. The van der Waals surface area contributed by atoms with Gasteiger partial charge >= 0.3 is 0 Å². The van der Waals surface area contributed by atoms with Crippen LogP contribution in [0.15, 0.2) is 45.8 Å². The maximum Gasteiger partial charge on any atom is 0.290 e. The maximum absolute atomic E-state index is 11.7. The van der Waals surface area contributed by atoms with Crippen LogP contribution in [0, 0.1) is 10.1 Å². The fourth-order valence-electron chi connectivity index (χ4n) is 2.52. The summed E-state index contributed by atoms with van der Waals surface area (Å²) in [5.74, 6) is 0.491. The number of hydrogen-bond donors (Lipinski definition) is 1. The Morgan fingerprint density at radius 2 is 1.93 bits per heavy atom. The van der Waals surface area contributed by atoms with E-state index in [2.05, 4.69) is 21.2 Å². The number of imide groups is 1. The molecule has 2 aromatic rings. The van der Waals surface area contributed by atoms with E-state index in [-0.39, 0.29) is 12.3 Å². The summed E-state index contributed by atoms with van der Waals surface area (Å²) in [6, 6.07) is 9.53. The first-order valence-electron chi connectivity index (χ1n) is 8.44. The lowest BCUT2D eigenvalue weighted by atomic mass is 10.1. The number of amides is 2. The third kappa shape index (κ3) is 5.15. The topological polar surface area (TPSA) is 108 Å². The molecule has 1 saturated heterocycles. The number of halogens is 1. The van der Waals surface area contributed by atoms with E-state index in [1.165, 1.54) is 12.1 Å². The van der Waals surface area contributed by atoms with Crippen molar-refractivity contribution in [2.75, 3.05) is 6.61 Å². The predicted molar refractivity (Wildman–Crippen MR) is 112 cm³/mol. The summed E-state index contributed by atoms with van der Waals surface area (Å²) in [6.07, 6.45) is 1.60. The molecular formula is C19H15BrN2O6S. The quantitative estimate of drug-likeness (QED) is 0.350. The summed E-state index contributed by atoms with van der Waals surface area (Å²) in [6.45, 7) is 2.41. The normalized spacial score (nSPS) is 14.8. The van der Waals surface area contributed by atoms with Crippen molar-refractivity contribution >= 4 is 50.6 Å². The molecule has 1 fully saturated rings. The second kappa shape index (κ2) is 9.10. The molecule has 0 atom stereocenters. The van der Waals surface area contributed by atoms with Crippen LogP contribution in [0.3, 0.4) is 0 Å². The second-order valence-electron chi connectivity index (χ2n) is 5.83. The van der Waals surface area contributed by atoms with Crippen LogP contribution in [0.25, 0.3) is 6.08 Å². The predicted octanol–water partition coefficient (Wildman–Crippen LogP) is 4.66. The van der Waals surface area contributed by atoms with Crippen LogP contribution < -0.4 is 14.8 Å². The zero-order valence-electron chi connectivity index (χ0n) is 15.1. The molecule has 3 rings (SSSR count). The van der Waals surface area contributed by atoms with Crippen molar-refractivity contribution in [3.8, 4) is 11.5 Å². The molecule has 0 radical (unpaired) electrons. The first-order valence-corrected chi connectivity index (χ1v) is 10.1. The van der Waals surface area contributed by atoms with E-state index in [0.29, 0.717) is 33.0 Å². The number of carbonyl (C=O) groups is 2. The maximum atomic E-state index is 11.7. The number of nitrogens with zero attached hydrogens (tertiary/aromatic N) is 1. The highest BCUT2D eigenvalue weighted by Crippen LogP contribution is 2.39. The summed E-state index contributed by atoms with van der Waals surface area (Å²) < 4.78 is 12.1. The highest BCUT2D eigenvalue weighted by Gasteiger charge is 2.25. The molecule has 0 unspecified atom stereocenters. The number of benzene rings is 2. The number of nitro groups is 1. The number of rotatable bonds is 7. The Morgan fingerprint density at radius 3 is 2.52 bits per heavy atom. The number of carbonyl (C=O) groups excluding carboxylic acids is 2. The molecule has 0 spiro atoms. The summed E-state index contributed by atoms with van der Waals surface area (Å²) in [5, 5.41) is 12.5. The van der Waals surface area contributed by atoms with Crippen molar-refractivity contribution in [1.82, 2.24) is 5.32 Å². The molecule has 2 aromatic carbocycles. The summed E-state index contributed by atoms with van der Waals surface area (Å²) in [5.41, 5.74) is 1.43. The second-order valence-corrected chi connectivity index (χ2v) is 7.70. The van der Waals surface area contributed by atoms with Crippen molar-refractivity contribution < 1.29 is 24.0 Å². The molecule has 1 N–H and O–H groups in total. The zero-order chi connectivity index (χ0) is 21.0. The first-order chi connectivity index (χ1) is 13.9. The van der Waals surface area contributed by atoms with Gasteiger partial charge in [-0.3, -0.25) is 25.0 Å². The number of nitro benzene ring substituents is 1. The Balaban J connectivity index is 1.82. The van der Waals surface area contributed by atoms with E-state index in [0.717, 1.165) is 17.3 Å². The minimum atomic E-state index is -0.460. The third-order valence-electron chi connectivity index (χ3n) is 3.80. The number of nitrogens with one attached hydrogen (secondary N) is 1. The lowest BCUT2D eigenvalue weighted by Gasteiger charge is -2.15.